The Hall–Kier alpha value is -1.35. The van der Waals surface area contributed by atoms with Gasteiger partial charge in [0.15, 0.2) is 0 Å². The minimum atomic E-state index is -0.403. The van der Waals surface area contributed by atoms with Gasteiger partial charge in [-0.15, -0.1) is 0 Å². The van der Waals surface area contributed by atoms with Gasteiger partial charge in [0.25, 0.3) is 0 Å². The van der Waals surface area contributed by atoms with Crippen LogP contribution in [0.2, 0.25) is 0 Å². The Balaban J connectivity index is 2.45. The summed E-state index contributed by atoms with van der Waals surface area (Å²) in [4.78, 5) is 14.0. The van der Waals surface area contributed by atoms with Crippen molar-refractivity contribution >= 4 is 11.6 Å². The van der Waals surface area contributed by atoms with Crippen LogP contribution in [0.15, 0.2) is 18.2 Å². The molecule has 1 heterocycles. The molecule has 0 aliphatic carbocycles. The van der Waals surface area contributed by atoms with Gasteiger partial charge in [-0.2, -0.15) is 0 Å². The SMILES string of the molecule is CNCC(C)c1ccc2c(c1)C(C)(C)C(=O)N2C. The molecule has 1 aliphatic heterocycles. The van der Waals surface area contributed by atoms with Crippen molar-refractivity contribution in [2.45, 2.75) is 32.1 Å². The summed E-state index contributed by atoms with van der Waals surface area (Å²) >= 11 is 0. The first-order valence-corrected chi connectivity index (χ1v) is 6.46. The van der Waals surface area contributed by atoms with Crippen molar-refractivity contribution in [2.75, 3.05) is 25.5 Å². The lowest BCUT2D eigenvalue weighted by Crippen LogP contribution is -2.33. The summed E-state index contributed by atoms with van der Waals surface area (Å²) in [5, 5.41) is 3.19. The summed E-state index contributed by atoms with van der Waals surface area (Å²) in [7, 11) is 3.82. The first-order chi connectivity index (χ1) is 8.39. The minimum absolute atomic E-state index is 0.177. The second kappa shape index (κ2) is 4.39. The van der Waals surface area contributed by atoms with E-state index in [0.717, 1.165) is 17.8 Å². The maximum atomic E-state index is 12.2. The minimum Gasteiger partial charge on any atom is -0.319 e. The maximum Gasteiger partial charge on any atom is 0.236 e. The van der Waals surface area contributed by atoms with E-state index in [1.165, 1.54) is 5.56 Å². The zero-order chi connectivity index (χ0) is 13.5. The first-order valence-electron chi connectivity index (χ1n) is 6.46. The number of fused-ring (bicyclic) bond motifs is 1. The highest BCUT2D eigenvalue weighted by Gasteiger charge is 2.42. The molecule has 1 unspecified atom stereocenters. The van der Waals surface area contributed by atoms with E-state index in [2.05, 4.69) is 30.4 Å². The van der Waals surface area contributed by atoms with Crippen LogP contribution in [0.25, 0.3) is 0 Å². The number of nitrogens with zero attached hydrogens (tertiary/aromatic N) is 1. The number of anilines is 1. The topological polar surface area (TPSA) is 32.3 Å². The summed E-state index contributed by atoms with van der Waals surface area (Å²) < 4.78 is 0. The van der Waals surface area contributed by atoms with Crippen LogP contribution in [0.5, 0.6) is 0 Å². The van der Waals surface area contributed by atoms with Crippen LogP contribution in [-0.4, -0.2) is 26.5 Å². The fraction of sp³-hybridized carbons (Fsp3) is 0.533. The largest absolute Gasteiger partial charge is 0.319 e. The number of carbonyl (C=O) groups is 1. The summed E-state index contributed by atoms with van der Waals surface area (Å²) in [6.07, 6.45) is 0. The molecule has 2 rings (SSSR count). The van der Waals surface area contributed by atoms with Gasteiger partial charge in [-0.05, 0) is 44.0 Å². The average Bonchev–Trinajstić information content (AvgIpc) is 2.51. The molecule has 18 heavy (non-hydrogen) atoms. The fourth-order valence-corrected chi connectivity index (χ4v) is 2.72. The van der Waals surface area contributed by atoms with Gasteiger partial charge in [0.2, 0.25) is 5.91 Å². The maximum absolute atomic E-state index is 12.2. The van der Waals surface area contributed by atoms with Crippen LogP contribution in [-0.2, 0) is 10.2 Å². The first kappa shape index (κ1) is 13.1. The number of nitrogens with one attached hydrogen (secondary N) is 1. The number of hydrogen-bond donors (Lipinski definition) is 1. The van der Waals surface area contributed by atoms with Gasteiger partial charge in [0, 0.05) is 19.3 Å². The monoisotopic (exact) mass is 246 g/mol. The Bertz CT molecular complexity index is 479. The summed E-state index contributed by atoms with van der Waals surface area (Å²) in [5.41, 5.74) is 3.08. The zero-order valence-electron chi connectivity index (χ0n) is 11.9. The molecule has 98 valence electrons. The van der Waals surface area contributed by atoms with Crippen LogP contribution < -0.4 is 10.2 Å². The lowest BCUT2D eigenvalue weighted by Gasteiger charge is -2.18. The molecule has 0 bridgehead atoms. The highest BCUT2D eigenvalue weighted by atomic mass is 16.2. The molecular weight excluding hydrogens is 224 g/mol. The van der Waals surface area contributed by atoms with Gasteiger partial charge in [0.05, 0.1) is 5.41 Å². The molecule has 1 amide bonds. The third-order valence-corrected chi connectivity index (χ3v) is 3.97. The molecule has 0 saturated heterocycles. The lowest BCUT2D eigenvalue weighted by molar-refractivity contribution is -0.121. The molecule has 0 fully saturated rings. The van der Waals surface area contributed by atoms with Crippen LogP contribution in [0.1, 0.15) is 37.8 Å². The van der Waals surface area contributed by atoms with Gasteiger partial charge in [-0.1, -0.05) is 19.1 Å². The molecular formula is C15H22N2O. The van der Waals surface area contributed by atoms with Gasteiger partial charge in [-0.3, -0.25) is 4.79 Å². The standard InChI is InChI=1S/C15H22N2O/c1-10(9-16-4)11-6-7-13-12(8-11)15(2,3)14(18)17(13)5/h6-8,10,16H,9H2,1-5H3. The average molecular weight is 246 g/mol. The molecule has 1 N–H and O–H groups in total. The second-order valence-corrected chi connectivity index (χ2v) is 5.72. The Morgan fingerprint density at radius 2 is 2.06 bits per heavy atom. The van der Waals surface area contributed by atoms with E-state index in [-0.39, 0.29) is 5.91 Å². The zero-order valence-corrected chi connectivity index (χ0v) is 11.9. The molecule has 0 aromatic heterocycles. The van der Waals surface area contributed by atoms with E-state index in [1.807, 2.05) is 27.9 Å². The van der Waals surface area contributed by atoms with E-state index in [1.54, 1.807) is 4.90 Å². The number of hydrogen-bond acceptors (Lipinski definition) is 2. The van der Waals surface area contributed by atoms with E-state index >= 15 is 0 Å². The summed E-state index contributed by atoms with van der Waals surface area (Å²) in [5.74, 6) is 0.632. The third kappa shape index (κ3) is 1.83. The Kier molecular flexibility index (Phi) is 3.20. The van der Waals surface area contributed by atoms with Gasteiger partial charge >= 0.3 is 0 Å². The van der Waals surface area contributed by atoms with Crippen molar-refractivity contribution < 1.29 is 4.79 Å². The fourth-order valence-electron chi connectivity index (χ4n) is 2.72. The predicted molar refractivity (Wildman–Crippen MR) is 75.2 cm³/mol. The highest BCUT2D eigenvalue weighted by Crippen LogP contribution is 2.41. The van der Waals surface area contributed by atoms with E-state index in [4.69, 9.17) is 0 Å². The van der Waals surface area contributed by atoms with Gasteiger partial charge in [-0.25, -0.2) is 0 Å². The molecule has 1 aromatic rings. The number of amides is 1. The van der Waals surface area contributed by atoms with E-state index < -0.39 is 5.41 Å². The van der Waals surface area contributed by atoms with E-state index in [0.29, 0.717) is 5.92 Å². The van der Waals surface area contributed by atoms with Crippen LogP contribution >= 0.6 is 0 Å². The quantitative estimate of drug-likeness (QED) is 0.887. The molecule has 0 radical (unpaired) electrons. The van der Waals surface area contributed by atoms with Crippen LogP contribution in [0, 0.1) is 0 Å². The van der Waals surface area contributed by atoms with Crippen molar-refractivity contribution in [3.63, 3.8) is 0 Å². The Morgan fingerprint density at radius 3 is 2.67 bits per heavy atom. The summed E-state index contributed by atoms with van der Waals surface area (Å²) in [6, 6.07) is 6.40. The van der Waals surface area contributed by atoms with Crippen molar-refractivity contribution in [2.24, 2.45) is 0 Å². The number of benzene rings is 1. The molecule has 1 aromatic carbocycles. The lowest BCUT2D eigenvalue weighted by atomic mass is 9.84. The molecule has 0 spiro atoms. The summed E-state index contributed by atoms with van der Waals surface area (Å²) in [6.45, 7) is 7.16. The number of rotatable bonds is 3. The van der Waals surface area contributed by atoms with Crippen LogP contribution in [0.3, 0.4) is 0 Å². The smallest absolute Gasteiger partial charge is 0.236 e. The van der Waals surface area contributed by atoms with Crippen molar-refractivity contribution in [3.05, 3.63) is 29.3 Å². The van der Waals surface area contributed by atoms with E-state index in [9.17, 15) is 4.79 Å². The van der Waals surface area contributed by atoms with Crippen molar-refractivity contribution in [1.29, 1.82) is 0 Å². The normalized spacial score (nSPS) is 18.9. The molecule has 3 nitrogen and oxygen atoms in total. The Labute approximate surface area is 109 Å². The number of likely N-dealkylation sites (N-methyl/N-ethyl adjacent to an activating group) is 2. The van der Waals surface area contributed by atoms with Crippen molar-refractivity contribution in [3.8, 4) is 0 Å². The number of carbonyl (C=O) groups excluding carboxylic acids is 1. The molecule has 1 atom stereocenters. The molecule has 0 saturated carbocycles. The molecule has 3 heteroatoms. The third-order valence-electron chi connectivity index (χ3n) is 3.97. The van der Waals surface area contributed by atoms with Gasteiger partial charge in [0.1, 0.15) is 0 Å². The highest BCUT2D eigenvalue weighted by molar-refractivity contribution is 6.07. The Morgan fingerprint density at radius 1 is 1.39 bits per heavy atom. The van der Waals surface area contributed by atoms with Gasteiger partial charge < -0.3 is 10.2 Å². The second-order valence-electron chi connectivity index (χ2n) is 5.72. The molecule has 1 aliphatic rings. The van der Waals surface area contributed by atoms with Crippen molar-refractivity contribution in [1.82, 2.24) is 5.32 Å². The van der Waals surface area contributed by atoms with Crippen LogP contribution in [0.4, 0.5) is 5.69 Å². The predicted octanol–water partition coefficient (Wildman–Crippen LogP) is 2.26.